The van der Waals surface area contributed by atoms with Crippen molar-refractivity contribution in [2.75, 3.05) is 6.54 Å². The maximum atomic E-state index is 6.28. The molecular weight excluding hydrogens is 389 g/mol. The van der Waals surface area contributed by atoms with E-state index in [0.717, 1.165) is 26.0 Å². The van der Waals surface area contributed by atoms with Crippen LogP contribution in [0.2, 0.25) is 5.02 Å². The Morgan fingerprint density at radius 3 is 2.47 bits per heavy atom. The highest BCUT2D eigenvalue weighted by atomic mass is 79.9. The fourth-order valence-corrected chi connectivity index (χ4v) is 3.44. The number of nitrogens with two attached hydrogens (primary N) is 1. The van der Waals surface area contributed by atoms with Gasteiger partial charge >= 0.3 is 0 Å². The monoisotopic (exact) mass is 401 g/mol. The third kappa shape index (κ3) is 3.82. The summed E-state index contributed by atoms with van der Waals surface area (Å²) in [6.45, 7) is 0.592. The molecule has 0 saturated carbocycles. The number of rotatable bonds is 4. The molecule has 1 atom stereocenters. The van der Waals surface area contributed by atoms with Gasteiger partial charge in [-0.05, 0) is 42.3 Å². The zero-order valence-electron chi connectivity index (χ0n) is 10.2. The van der Waals surface area contributed by atoms with E-state index in [4.69, 9.17) is 17.3 Å². The van der Waals surface area contributed by atoms with Gasteiger partial charge in [-0.2, -0.15) is 0 Å². The van der Waals surface area contributed by atoms with Gasteiger partial charge in [0, 0.05) is 19.9 Å². The van der Waals surface area contributed by atoms with Crippen molar-refractivity contribution in [1.29, 1.82) is 0 Å². The predicted octanol–water partition coefficient (Wildman–Crippen LogP) is 5.15. The molecule has 4 heteroatoms. The van der Waals surface area contributed by atoms with E-state index >= 15 is 0 Å². The molecule has 0 aliphatic heterocycles. The Morgan fingerprint density at radius 2 is 1.84 bits per heavy atom. The lowest BCUT2D eigenvalue weighted by Gasteiger charge is -2.17. The molecule has 0 aliphatic carbocycles. The van der Waals surface area contributed by atoms with E-state index in [9.17, 15) is 0 Å². The standard InChI is InChI=1S/C15H14Br2ClN/c16-12-6-5-10(15(18)8-12)7-11(9-19)13-3-1-2-4-14(13)17/h1-6,8,11H,7,9,19H2. The fourth-order valence-electron chi connectivity index (χ4n) is 2.08. The van der Waals surface area contributed by atoms with Gasteiger partial charge in [0.1, 0.15) is 0 Å². The SMILES string of the molecule is NCC(Cc1ccc(Br)cc1Cl)c1ccccc1Br. The molecule has 100 valence electrons. The predicted molar refractivity (Wildman–Crippen MR) is 88.8 cm³/mol. The smallest absolute Gasteiger partial charge is 0.0449 e. The Bertz CT molecular complexity index is 572. The van der Waals surface area contributed by atoms with Gasteiger partial charge in [-0.25, -0.2) is 0 Å². The lowest BCUT2D eigenvalue weighted by atomic mass is 9.92. The molecule has 2 aromatic rings. The van der Waals surface area contributed by atoms with Crippen LogP contribution in [-0.4, -0.2) is 6.54 Å². The van der Waals surface area contributed by atoms with Crippen molar-refractivity contribution in [3.8, 4) is 0 Å². The molecule has 0 saturated heterocycles. The van der Waals surface area contributed by atoms with E-state index in [1.807, 2.05) is 36.4 Å². The Labute approximate surface area is 135 Å². The molecule has 0 radical (unpaired) electrons. The Hall–Kier alpha value is -0.350. The van der Waals surface area contributed by atoms with Crippen LogP contribution in [0.15, 0.2) is 51.4 Å². The van der Waals surface area contributed by atoms with Crippen molar-refractivity contribution in [1.82, 2.24) is 0 Å². The number of hydrogen-bond acceptors (Lipinski definition) is 1. The number of halogens is 3. The molecule has 2 aromatic carbocycles. The maximum absolute atomic E-state index is 6.28. The molecule has 0 amide bonds. The van der Waals surface area contributed by atoms with Crippen molar-refractivity contribution in [3.63, 3.8) is 0 Å². The quantitative estimate of drug-likeness (QED) is 0.751. The summed E-state index contributed by atoms with van der Waals surface area (Å²) >= 11 is 13.3. The van der Waals surface area contributed by atoms with Gasteiger partial charge in [0.2, 0.25) is 0 Å². The lowest BCUT2D eigenvalue weighted by molar-refractivity contribution is 0.691. The van der Waals surface area contributed by atoms with E-state index in [1.165, 1.54) is 5.56 Å². The summed E-state index contributed by atoms with van der Waals surface area (Å²) in [7, 11) is 0. The summed E-state index contributed by atoms with van der Waals surface area (Å²) in [5.41, 5.74) is 8.28. The van der Waals surface area contributed by atoms with Gasteiger partial charge in [0.15, 0.2) is 0 Å². The van der Waals surface area contributed by atoms with Crippen LogP contribution >= 0.6 is 43.5 Å². The van der Waals surface area contributed by atoms with Crippen molar-refractivity contribution in [2.24, 2.45) is 5.73 Å². The second-order valence-electron chi connectivity index (χ2n) is 4.39. The highest BCUT2D eigenvalue weighted by Gasteiger charge is 2.15. The highest BCUT2D eigenvalue weighted by molar-refractivity contribution is 9.10. The van der Waals surface area contributed by atoms with E-state index < -0.39 is 0 Å². The molecule has 0 spiro atoms. The summed E-state index contributed by atoms with van der Waals surface area (Å²) < 4.78 is 2.09. The summed E-state index contributed by atoms with van der Waals surface area (Å²) in [5.74, 6) is 0.259. The minimum atomic E-state index is 0.259. The minimum absolute atomic E-state index is 0.259. The Morgan fingerprint density at radius 1 is 1.11 bits per heavy atom. The summed E-state index contributed by atoms with van der Waals surface area (Å²) in [6, 6.07) is 14.2. The van der Waals surface area contributed by atoms with Gasteiger partial charge in [-0.3, -0.25) is 0 Å². The summed E-state index contributed by atoms with van der Waals surface area (Å²) in [6.07, 6.45) is 0.839. The number of hydrogen-bond donors (Lipinski definition) is 1. The fraction of sp³-hybridized carbons (Fsp3) is 0.200. The van der Waals surface area contributed by atoms with Gasteiger partial charge in [-0.1, -0.05) is 67.7 Å². The van der Waals surface area contributed by atoms with Crippen molar-refractivity contribution >= 4 is 43.5 Å². The molecular formula is C15H14Br2ClN. The van der Waals surface area contributed by atoms with Gasteiger partial charge in [0.25, 0.3) is 0 Å². The first-order chi connectivity index (χ1) is 9.11. The van der Waals surface area contributed by atoms with Crippen LogP contribution in [-0.2, 0) is 6.42 Å². The van der Waals surface area contributed by atoms with Crippen LogP contribution in [0.5, 0.6) is 0 Å². The van der Waals surface area contributed by atoms with E-state index in [2.05, 4.69) is 37.9 Å². The normalized spacial score (nSPS) is 12.4. The van der Waals surface area contributed by atoms with Crippen LogP contribution in [0.3, 0.4) is 0 Å². The zero-order valence-corrected chi connectivity index (χ0v) is 14.2. The molecule has 0 heterocycles. The largest absolute Gasteiger partial charge is 0.330 e. The average Bonchev–Trinajstić information content (AvgIpc) is 2.39. The Balaban J connectivity index is 2.27. The highest BCUT2D eigenvalue weighted by Crippen LogP contribution is 2.30. The van der Waals surface area contributed by atoms with E-state index in [0.29, 0.717) is 6.54 Å². The van der Waals surface area contributed by atoms with Crippen LogP contribution in [0.4, 0.5) is 0 Å². The third-order valence-electron chi connectivity index (χ3n) is 3.11. The summed E-state index contributed by atoms with van der Waals surface area (Å²) in [5, 5.41) is 0.778. The molecule has 2 N–H and O–H groups in total. The first-order valence-corrected chi connectivity index (χ1v) is 7.96. The Kier molecular flexibility index (Phi) is 5.46. The second kappa shape index (κ2) is 6.89. The molecule has 0 aliphatic rings. The first kappa shape index (κ1) is 15.0. The van der Waals surface area contributed by atoms with E-state index in [-0.39, 0.29) is 5.92 Å². The third-order valence-corrected chi connectivity index (χ3v) is 4.68. The first-order valence-electron chi connectivity index (χ1n) is 6.00. The zero-order chi connectivity index (χ0) is 13.8. The molecule has 1 nitrogen and oxygen atoms in total. The second-order valence-corrected chi connectivity index (χ2v) is 6.57. The van der Waals surface area contributed by atoms with E-state index in [1.54, 1.807) is 0 Å². The van der Waals surface area contributed by atoms with Crippen molar-refractivity contribution < 1.29 is 0 Å². The molecule has 19 heavy (non-hydrogen) atoms. The molecule has 0 aromatic heterocycles. The van der Waals surface area contributed by atoms with Gasteiger partial charge < -0.3 is 5.73 Å². The maximum Gasteiger partial charge on any atom is 0.0449 e. The van der Waals surface area contributed by atoms with Crippen molar-refractivity contribution in [2.45, 2.75) is 12.3 Å². The lowest BCUT2D eigenvalue weighted by Crippen LogP contribution is -2.15. The molecule has 0 bridgehead atoms. The topological polar surface area (TPSA) is 26.0 Å². The molecule has 0 fully saturated rings. The minimum Gasteiger partial charge on any atom is -0.330 e. The molecule has 1 unspecified atom stereocenters. The number of benzene rings is 2. The van der Waals surface area contributed by atoms with Crippen molar-refractivity contribution in [3.05, 3.63) is 67.6 Å². The summed E-state index contributed by atoms with van der Waals surface area (Å²) in [4.78, 5) is 0. The van der Waals surface area contributed by atoms with Crippen LogP contribution < -0.4 is 5.73 Å². The van der Waals surface area contributed by atoms with Crippen LogP contribution in [0, 0.1) is 0 Å². The van der Waals surface area contributed by atoms with Crippen LogP contribution in [0.1, 0.15) is 17.0 Å². The molecule has 2 rings (SSSR count). The van der Waals surface area contributed by atoms with Gasteiger partial charge in [-0.15, -0.1) is 0 Å². The average molecular weight is 404 g/mol. The van der Waals surface area contributed by atoms with Gasteiger partial charge in [0.05, 0.1) is 0 Å². The van der Waals surface area contributed by atoms with Crippen LogP contribution in [0.25, 0.3) is 0 Å².